The molecular formula is C9H8KN3O2. The number of hydrogen-bond donors (Lipinski definition) is 0. The van der Waals surface area contributed by atoms with E-state index >= 15 is 0 Å². The predicted octanol–water partition coefficient (Wildman–Crippen LogP) is -3.29. The number of aryl methyl sites for hydroxylation is 2. The quantitative estimate of drug-likeness (QED) is 0.481. The van der Waals surface area contributed by atoms with Crippen LogP contribution in [0.3, 0.4) is 0 Å². The van der Waals surface area contributed by atoms with Gasteiger partial charge in [0, 0.05) is 6.20 Å². The van der Waals surface area contributed by atoms with E-state index < -0.39 is 5.97 Å². The van der Waals surface area contributed by atoms with Crippen molar-refractivity contribution >= 4 is 11.6 Å². The monoisotopic (exact) mass is 229 g/mol. The number of carbonyl (C=O) groups excluding carboxylic acids is 1. The first-order chi connectivity index (χ1) is 6.61. The predicted molar refractivity (Wildman–Crippen MR) is 46.8 cm³/mol. The van der Waals surface area contributed by atoms with Gasteiger partial charge in [-0.3, -0.25) is 0 Å². The average Bonchev–Trinajstić information content (AvgIpc) is 2.42. The molecule has 15 heavy (non-hydrogen) atoms. The maximum Gasteiger partial charge on any atom is 1.00 e. The van der Waals surface area contributed by atoms with Crippen LogP contribution >= 0.6 is 0 Å². The summed E-state index contributed by atoms with van der Waals surface area (Å²) in [5.41, 5.74) is 1.88. The van der Waals surface area contributed by atoms with Crippen LogP contribution in [-0.4, -0.2) is 20.6 Å². The van der Waals surface area contributed by atoms with Crippen LogP contribution in [-0.2, 0) is 0 Å². The van der Waals surface area contributed by atoms with Crippen molar-refractivity contribution in [2.45, 2.75) is 13.8 Å². The molecule has 0 aromatic carbocycles. The Morgan fingerprint density at radius 1 is 1.47 bits per heavy atom. The molecule has 2 rings (SSSR count). The fourth-order valence-electron chi connectivity index (χ4n) is 1.41. The van der Waals surface area contributed by atoms with Crippen LogP contribution in [0.1, 0.15) is 21.7 Å². The van der Waals surface area contributed by atoms with Gasteiger partial charge in [-0.15, -0.1) is 0 Å². The molecule has 0 aliphatic rings. The Bertz CT molecular complexity index is 521. The second-order valence-electron chi connectivity index (χ2n) is 3.08. The number of fused-ring (bicyclic) bond motifs is 1. The van der Waals surface area contributed by atoms with Crippen molar-refractivity contribution in [3.63, 3.8) is 0 Å². The van der Waals surface area contributed by atoms with E-state index in [9.17, 15) is 9.90 Å². The normalized spacial score (nSPS) is 10.0. The van der Waals surface area contributed by atoms with Gasteiger partial charge < -0.3 is 9.90 Å². The number of carbonyl (C=O) groups is 1. The molecule has 0 saturated heterocycles. The first-order valence-electron chi connectivity index (χ1n) is 4.13. The SMILES string of the molecule is Cc1nc2c(C)ccnn2c1C(=O)[O-].[K+]. The molecule has 5 nitrogen and oxygen atoms in total. The molecule has 2 heterocycles. The maximum atomic E-state index is 10.8. The van der Waals surface area contributed by atoms with Gasteiger partial charge >= 0.3 is 51.4 Å². The number of aromatic carboxylic acids is 1. The van der Waals surface area contributed by atoms with Gasteiger partial charge in [0.15, 0.2) is 5.65 Å². The van der Waals surface area contributed by atoms with Crippen molar-refractivity contribution in [1.82, 2.24) is 14.6 Å². The van der Waals surface area contributed by atoms with Crippen molar-refractivity contribution in [3.8, 4) is 0 Å². The van der Waals surface area contributed by atoms with Crippen LogP contribution in [0.4, 0.5) is 0 Å². The molecule has 2 aromatic heterocycles. The van der Waals surface area contributed by atoms with E-state index in [1.807, 2.05) is 6.92 Å². The van der Waals surface area contributed by atoms with Gasteiger partial charge in [0.25, 0.3) is 0 Å². The molecule has 0 bridgehead atoms. The van der Waals surface area contributed by atoms with E-state index in [0.29, 0.717) is 11.3 Å². The van der Waals surface area contributed by atoms with Crippen LogP contribution in [0, 0.1) is 13.8 Å². The van der Waals surface area contributed by atoms with E-state index in [1.54, 1.807) is 13.0 Å². The standard InChI is InChI=1S/C9H9N3O2.K/c1-5-3-4-10-12-7(9(13)14)6(2)11-8(5)12;/h3-4H,1-2H3,(H,13,14);/q;+1/p-1. The fraction of sp³-hybridized carbons (Fsp3) is 0.222. The number of carboxylic acid groups (broad SMARTS) is 1. The van der Waals surface area contributed by atoms with E-state index in [0.717, 1.165) is 5.56 Å². The number of nitrogens with zero attached hydrogens (tertiary/aromatic N) is 3. The average molecular weight is 229 g/mol. The summed E-state index contributed by atoms with van der Waals surface area (Å²) in [7, 11) is 0. The third-order valence-corrected chi connectivity index (χ3v) is 2.08. The van der Waals surface area contributed by atoms with Crippen molar-refractivity contribution in [2.24, 2.45) is 0 Å². The number of hydrogen-bond acceptors (Lipinski definition) is 4. The second kappa shape index (κ2) is 4.71. The molecule has 6 heteroatoms. The first-order valence-corrected chi connectivity index (χ1v) is 4.13. The summed E-state index contributed by atoms with van der Waals surface area (Å²) in [6, 6.07) is 1.78. The summed E-state index contributed by atoms with van der Waals surface area (Å²) >= 11 is 0. The van der Waals surface area contributed by atoms with Gasteiger partial charge in [0.2, 0.25) is 0 Å². The van der Waals surface area contributed by atoms with E-state index in [-0.39, 0.29) is 57.1 Å². The molecule has 0 radical (unpaired) electrons. The zero-order valence-electron chi connectivity index (χ0n) is 8.81. The van der Waals surface area contributed by atoms with Crippen LogP contribution in [0.5, 0.6) is 0 Å². The second-order valence-corrected chi connectivity index (χ2v) is 3.08. The molecule has 72 valence electrons. The van der Waals surface area contributed by atoms with Crippen molar-refractivity contribution in [3.05, 3.63) is 29.2 Å². The van der Waals surface area contributed by atoms with Crippen molar-refractivity contribution in [1.29, 1.82) is 0 Å². The summed E-state index contributed by atoms with van der Waals surface area (Å²) in [5.74, 6) is -1.26. The molecular weight excluding hydrogens is 221 g/mol. The minimum Gasteiger partial charge on any atom is -0.543 e. The summed E-state index contributed by atoms with van der Waals surface area (Å²) in [6.07, 6.45) is 1.54. The fourth-order valence-corrected chi connectivity index (χ4v) is 1.41. The largest absolute Gasteiger partial charge is 1.00 e. The third kappa shape index (κ3) is 2.14. The van der Waals surface area contributed by atoms with Crippen molar-refractivity contribution in [2.75, 3.05) is 0 Å². The van der Waals surface area contributed by atoms with Crippen LogP contribution in [0.2, 0.25) is 0 Å². The molecule has 0 fully saturated rings. The van der Waals surface area contributed by atoms with Crippen molar-refractivity contribution < 1.29 is 61.3 Å². The summed E-state index contributed by atoms with van der Waals surface area (Å²) in [5, 5.41) is 14.7. The van der Waals surface area contributed by atoms with Gasteiger partial charge in [0.1, 0.15) is 5.69 Å². The third-order valence-electron chi connectivity index (χ3n) is 2.08. The Hall–Kier alpha value is -0.274. The molecule has 0 atom stereocenters. The Morgan fingerprint density at radius 3 is 2.73 bits per heavy atom. The van der Waals surface area contributed by atoms with Crippen LogP contribution < -0.4 is 56.5 Å². The smallest absolute Gasteiger partial charge is 0.543 e. The van der Waals surface area contributed by atoms with E-state index in [4.69, 9.17) is 0 Å². The van der Waals surface area contributed by atoms with Gasteiger partial charge in [-0.25, -0.2) is 9.50 Å². The Labute approximate surface area is 129 Å². The number of imidazole rings is 1. The number of carboxylic acids is 1. The molecule has 0 saturated carbocycles. The molecule has 0 aliphatic carbocycles. The van der Waals surface area contributed by atoms with Gasteiger partial charge in [-0.2, -0.15) is 5.10 Å². The van der Waals surface area contributed by atoms with Gasteiger partial charge in [-0.05, 0) is 25.5 Å². The topological polar surface area (TPSA) is 70.3 Å². The zero-order valence-corrected chi connectivity index (χ0v) is 11.9. The van der Waals surface area contributed by atoms with Gasteiger partial charge in [-0.1, -0.05) is 0 Å². The molecule has 0 N–H and O–H groups in total. The molecule has 0 spiro atoms. The number of aromatic nitrogens is 3. The summed E-state index contributed by atoms with van der Waals surface area (Å²) in [6.45, 7) is 3.47. The zero-order chi connectivity index (χ0) is 10.3. The Balaban J connectivity index is 0.00000112. The Morgan fingerprint density at radius 2 is 2.13 bits per heavy atom. The molecule has 0 aliphatic heterocycles. The van der Waals surface area contributed by atoms with Crippen LogP contribution in [0.25, 0.3) is 5.65 Å². The molecule has 0 amide bonds. The molecule has 2 aromatic rings. The van der Waals surface area contributed by atoms with E-state index in [2.05, 4.69) is 10.1 Å². The summed E-state index contributed by atoms with van der Waals surface area (Å²) < 4.78 is 1.29. The minimum atomic E-state index is -1.26. The maximum absolute atomic E-state index is 10.8. The number of rotatable bonds is 1. The first kappa shape index (κ1) is 12.8. The molecule has 0 unspecified atom stereocenters. The van der Waals surface area contributed by atoms with Gasteiger partial charge in [0.05, 0.1) is 11.7 Å². The summed E-state index contributed by atoms with van der Waals surface area (Å²) in [4.78, 5) is 14.9. The van der Waals surface area contributed by atoms with Crippen LogP contribution in [0.15, 0.2) is 12.3 Å². The van der Waals surface area contributed by atoms with E-state index in [1.165, 1.54) is 10.7 Å². The Kier molecular flexibility index (Phi) is 4.02. The minimum absolute atomic E-state index is 0.